The summed E-state index contributed by atoms with van der Waals surface area (Å²) in [4.78, 5) is 47.4. The number of aliphatic carboxylic acids is 1. The minimum Gasteiger partial charge on any atom is -0.493 e. The summed E-state index contributed by atoms with van der Waals surface area (Å²) in [5, 5.41) is 20.8. The van der Waals surface area contributed by atoms with Crippen molar-refractivity contribution < 1.29 is 53.1 Å². The van der Waals surface area contributed by atoms with Crippen molar-refractivity contribution in [1.29, 1.82) is 0 Å². The van der Waals surface area contributed by atoms with Crippen molar-refractivity contribution in [3.63, 3.8) is 0 Å². The van der Waals surface area contributed by atoms with Gasteiger partial charge in [-0.15, -0.1) is 0 Å². The van der Waals surface area contributed by atoms with Gasteiger partial charge < -0.3 is 33.9 Å². The lowest BCUT2D eigenvalue weighted by Crippen LogP contribution is -2.67. The first-order chi connectivity index (χ1) is 17.6. The van der Waals surface area contributed by atoms with E-state index >= 15 is 0 Å². The third kappa shape index (κ3) is 3.83. The van der Waals surface area contributed by atoms with Gasteiger partial charge in [0.1, 0.15) is 5.76 Å². The van der Waals surface area contributed by atoms with Gasteiger partial charge in [0, 0.05) is 12.5 Å². The summed E-state index contributed by atoms with van der Waals surface area (Å²) >= 11 is 0. The third-order valence-corrected chi connectivity index (χ3v) is 7.97. The average molecular weight is 516 g/mol. The van der Waals surface area contributed by atoms with E-state index < -0.39 is 60.1 Å². The summed E-state index contributed by atoms with van der Waals surface area (Å²) < 4.78 is 27.2. The minimum atomic E-state index is -1.66. The SMILES string of the molecule is COc1ccc2c3c1O[C@H]1C(OC(=O)[C@H](CC(=O)OCC(=O)O)OC(C)=O)=CC[C@@]4(O)[C@H](CCC[C@]314)C2. The van der Waals surface area contributed by atoms with Gasteiger partial charge in [0.25, 0.3) is 0 Å². The lowest BCUT2D eigenvalue weighted by molar-refractivity contribution is -0.174. The lowest BCUT2D eigenvalue weighted by atomic mass is 9.47. The molecule has 5 rings (SSSR count). The molecule has 2 N–H and O–H groups in total. The second kappa shape index (κ2) is 9.05. The number of benzene rings is 1. The van der Waals surface area contributed by atoms with Gasteiger partial charge in [-0.2, -0.15) is 0 Å². The molecule has 0 saturated heterocycles. The molecule has 0 amide bonds. The van der Waals surface area contributed by atoms with Crippen LogP contribution in [0.2, 0.25) is 0 Å². The molecule has 1 spiro atoms. The number of carbonyl (C=O) groups is 4. The van der Waals surface area contributed by atoms with Gasteiger partial charge in [0.05, 0.1) is 24.5 Å². The van der Waals surface area contributed by atoms with E-state index in [-0.39, 0.29) is 18.1 Å². The van der Waals surface area contributed by atoms with Crippen LogP contribution in [0.4, 0.5) is 0 Å². The maximum Gasteiger partial charge on any atom is 0.353 e. The Hall–Kier alpha value is -3.60. The van der Waals surface area contributed by atoms with Crippen molar-refractivity contribution in [2.75, 3.05) is 13.7 Å². The zero-order valence-electron chi connectivity index (χ0n) is 20.5. The Labute approximate surface area is 212 Å². The fourth-order valence-corrected chi connectivity index (χ4v) is 6.59. The summed E-state index contributed by atoms with van der Waals surface area (Å²) in [5.74, 6) is -3.10. The standard InChI is InChI=1S/C26H28O11/c1-13(27)35-18(11-20(30)34-12-19(28)29)24(31)36-17-7-9-26(32)15-4-3-8-25(26)21-14(10-15)5-6-16(33-2)22(21)37-23(17)25/h5-7,15,18,23,32H,3-4,8-12H2,1-2H3,(H,28,29)/t15-,18+,23+,25+,26-/m1/s1. The molecule has 1 aromatic rings. The normalized spacial score (nSPS) is 29.1. The van der Waals surface area contributed by atoms with Crippen LogP contribution in [0.5, 0.6) is 11.5 Å². The first kappa shape index (κ1) is 25.1. The highest BCUT2D eigenvalue weighted by Crippen LogP contribution is 2.67. The number of hydrogen-bond acceptors (Lipinski definition) is 10. The van der Waals surface area contributed by atoms with E-state index in [0.29, 0.717) is 24.3 Å². The highest BCUT2D eigenvalue weighted by atomic mass is 16.6. The van der Waals surface area contributed by atoms with Crippen LogP contribution in [-0.2, 0) is 45.2 Å². The van der Waals surface area contributed by atoms with Crippen LogP contribution in [0, 0.1) is 5.92 Å². The molecule has 4 aliphatic rings. The molecule has 11 heteroatoms. The molecule has 1 aliphatic heterocycles. The molecular formula is C26H28O11. The quantitative estimate of drug-likeness (QED) is 0.382. The molecule has 11 nitrogen and oxygen atoms in total. The predicted molar refractivity (Wildman–Crippen MR) is 123 cm³/mol. The molecule has 1 heterocycles. The lowest BCUT2D eigenvalue weighted by Gasteiger charge is -2.59. The van der Waals surface area contributed by atoms with Gasteiger partial charge in [-0.25, -0.2) is 9.59 Å². The summed E-state index contributed by atoms with van der Waals surface area (Å²) in [5.41, 5.74) is -0.00787. The highest BCUT2D eigenvalue weighted by Gasteiger charge is 2.71. The molecule has 0 unspecified atom stereocenters. The highest BCUT2D eigenvalue weighted by molar-refractivity contribution is 5.85. The Bertz CT molecular complexity index is 1200. The molecular weight excluding hydrogens is 488 g/mol. The number of carboxylic acids is 1. The molecule has 2 bridgehead atoms. The van der Waals surface area contributed by atoms with E-state index in [9.17, 15) is 24.3 Å². The van der Waals surface area contributed by atoms with Crippen LogP contribution in [0.25, 0.3) is 0 Å². The topological polar surface area (TPSA) is 155 Å². The Morgan fingerprint density at radius 1 is 1.24 bits per heavy atom. The van der Waals surface area contributed by atoms with E-state index in [1.807, 2.05) is 12.1 Å². The van der Waals surface area contributed by atoms with Gasteiger partial charge in [-0.05, 0) is 49.3 Å². The Morgan fingerprint density at radius 2 is 2.03 bits per heavy atom. The minimum absolute atomic E-state index is 0.00509. The Balaban J connectivity index is 1.46. The Kier molecular flexibility index (Phi) is 6.13. The maximum atomic E-state index is 13.1. The van der Waals surface area contributed by atoms with Crippen molar-refractivity contribution in [2.45, 2.75) is 68.7 Å². The van der Waals surface area contributed by atoms with Crippen molar-refractivity contribution in [2.24, 2.45) is 5.92 Å². The molecule has 1 aromatic carbocycles. The predicted octanol–water partition coefficient (Wildman–Crippen LogP) is 1.56. The largest absolute Gasteiger partial charge is 0.493 e. The summed E-state index contributed by atoms with van der Waals surface area (Å²) in [6.07, 6.45) is 1.68. The molecule has 37 heavy (non-hydrogen) atoms. The van der Waals surface area contributed by atoms with Crippen LogP contribution in [0.15, 0.2) is 24.0 Å². The second-order valence-corrected chi connectivity index (χ2v) is 9.91. The second-order valence-electron chi connectivity index (χ2n) is 9.91. The van der Waals surface area contributed by atoms with Crippen LogP contribution in [-0.4, -0.2) is 65.6 Å². The average Bonchev–Trinajstić information content (AvgIpc) is 3.18. The van der Waals surface area contributed by atoms with Crippen molar-refractivity contribution in [3.8, 4) is 11.5 Å². The number of hydrogen-bond donors (Lipinski definition) is 2. The van der Waals surface area contributed by atoms with E-state index in [2.05, 4.69) is 4.74 Å². The van der Waals surface area contributed by atoms with Crippen molar-refractivity contribution >= 4 is 23.9 Å². The van der Waals surface area contributed by atoms with Gasteiger partial charge in [-0.3, -0.25) is 9.59 Å². The molecule has 1 saturated carbocycles. The van der Waals surface area contributed by atoms with Crippen LogP contribution < -0.4 is 9.47 Å². The zero-order valence-corrected chi connectivity index (χ0v) is 20.5. The van der Waals surface area contributed by atoms with E-state index in [1.165, 1.54) is 7.11 Å². The van der Waals surface area contributed by atoms with Gasteiger partial charge >= 0.3 is 23.9 Å². The zero-order chi connectivity index (χ0) is 26.5. The number of methoxy groups -OCH3 is 1. The molecule has 5 atom stereocenters. The number of rotatable bonds is 8. The number of ether oxygens (including phenoxy) is 5. The van der Waals surface area contributed by atoms with Gasteiger partial charge in [0.15, 0.2) is 24.2 Å². The van der Waals surface area contributed by atoms with E-state index in [1.54, 1.807) is 6.08 Å². The number of esters is 3. The maximum absolute atomic E-state index is 13.1. The number of carboxylic acid groups (broad SMARTS) is 1. The molecule has 0 radical (unpaired) electrons. The van der Waals surface area contributed by atoms with Crippen LogP contribution >= 0.6 is 0 Å². The number of carbonyl (C=O) groups excluding carboxylic acids is 3. The molecule has 0 aromatic heterocycles. The molecule has 1 fully saturated rings. The number of aliphatic hydroxyl groups is 1. The van der Waals surface area contributed by atoms with Crippen molar-refractivity contribution in [1.82, 2.24) is 0 Å². The first-order valence-electron chi connectivity index (χ1n) is 12.2. The van der Waals surface area contributed by atoms with Crippen LogP contribution in [0.3, 0.4) is 0 Å². The fraction of sp³-hybridized carbons (Fsp3) is 0.538. The van der Waals surface area contributed by atoms with E-state index in [0.717, 1.165) is 30.9 Å². The van der Waals surface area contributed by atoms with E-state index in [4.69, 9.17) is 24.1 Å². The molecule has 3 aliphatic carbocycles. The van der Waals surface area contributed by atoms with Crippen LogP contribution in [0.1, 0.15) is 50.2 Å². The summed E-state index contributed by atoms with van der Waals surface area (Å²) in [6.45, 7) is 0.170. The summed E-state index contributed by atoms with van der Waals surface area (Å²) in [6, 6.07) is 3.82. The third-order valence-electron chi connectivity index (χ3n) is 7.97. The first-order valence-corrected chi connectivity index (χ1v) is 12.2. The van der Waals surface area contributed by atoms with Gasteiger partial charge in [-0.1, -0.05) is 12.5 Å². The molecule has 198 valence electrons. The summed E-state index contributed by atoms with van der Waals surface area (Å²) in [7, 11) is 1.53. The monoisotopic (exact) mass is 516 g/mol. The van der Waals surface area contributed by atoms with Crippen molar-refractivity contribution in [3.05, 3.63) is 35.1 Å². The Morgan fingerprint density at radius 3 is 2.73 bits per heavy atom. The fourth-order valence-electron chi connectivity index (χ4n) is 6.59. The van der Waals surface area contributed by atoms with Gasteiger partial charge in [0.2, 0.25) is 6.10 Å². The smallest absolute Gasteiger partial charge is 0.353 e.